The molecule has 0 aromatic heterocycles. The molecule has 1 aromatic carbocycles. The van der Waals surface area contributed by atoms with Crippen molar-refractivity contribution in [2.24, 2.45) is 0 Å². The van der Waals surface area contributed by atoms with Gasteiger partial charge in [-0.15, -0.1) is 11.5 Å². The molecule has 0 saturated heterocycles. The average Bonchev–Trinajstić information content (AvgIpc) is 2.57. The van der Waals surface area contributed by atoms with Crippen LogP contribution in [0, 0.1) is 17.3 Å². The molecule has 0 radical (unpaired) electrons. The van der Waals surface area contributed by atoms with E-state index in [2.05, 4.69) is 53.0 Å². The summed E-state index contributed by atoms with van der Waals surface area (Å²) in [6, 6.07) is 6.03. The first-order valence-electron chi connectivity index (χ1n) is 9.19. The molecule has 26 heavy (non-hydrogen) atoms. The van der Waals surface area contributed by atoms with Gasteiger partial charge < -0.3 is 4.74 Å². The minimum atomic E-state index is -1.83. The van der Waals surface area contributed by atoms with Gasteiger partial charge in [0.2, 0.25) is 0 Å². The lowest BCUT2D eigenvalue weighted by Gasteiger charge is -2.38. The minimum Gasteiger partial charge on any atom is -0.466 e. The maximum Gasteiger partial charge on any atom is 0.334 e. The van der Waals surface area contributed by atoms with E-state index in [1.807, 2.05) is 0 Å². The maximum absolute atomic E-state index is 13.1. The van der Waals surface area contributed by atoms with Gasteiger partial charge in [0.1, 0.15) is 13.9 Å². The van der Waals surface area contributed by atoms with E-state index in [1.165, 1.54) is 19.2 Å². The molecule has 0 aliphatic rings. The van der Waals surface area contributed by atoms with E-state index in [0.717, 1.165) is 5.56 Å². The van der Waals surface area contributed by atoms with Crippen molar-refractivity contribution in [3.8, 4) is 11.5 Å². The fourth-order valence-corrected chi connectivity index (χ4v) is 9.06. The number of methoxy groups -OCH3 is 1. The zero-order valence-electron chi connectivity index (χ0n) is 17.0. The van der Waals surface area contributed by atoms with Gasteiger partial charge in [-0.25, -0.2) is 9.18 Å². The molecule has 0 saturated carbocycles. The fourth-order valence-electron chi connectivity index (χ4n) is 3.80. The Hall–Kier alpha value is -1.86. The van der Waals surface area contributed by atoms with E-state index >= 15 is 0 Å². The number of hydrogen-bond donors (Lipinski definition) is 0. The predicted octanol–water partition coefficient (Wildman–Crippen LogP) is 5.99. The summed E-state index contributed by atoms with van der Waals surface area (Å²) in [5.74, 6) is 2.59. The highest BCUT2D eigenvalue weighted by atomic mass is 28.3. The number of carbonyl (C=O) groups is 1. The Balaban J connectivity index is 3.20. The molecule has 0 fully saturated rings. The smallest absolute Gasteiger partial charge is 0.334 e. The quantitative estimate of drug-likeness (QED) is 0.264. The van der Waals surface area contributed by atoms with Crippen molar-refractivity contribution in [1.82, 2.24) is 0 Å². The van der Waals surface area contributed by atoms with Crippen molar-refractivity contribution in [2.75, 3.05) is 7.11 Å². The monoisotopic (exact) mass is 374 g/mol. The lowest BCUT2D eigenvalue weighted by atomic mass is 10.1. The largest absolute Gasteiger partial charge is 0.466 e. The zero-order valence-corrected chi connectivity index (χ0v) is 18.0. The maximum atomic E-state index is 13.1. The van der Waals surface area contributed by atoms with Crippen LogP contribution in [-0.4, -0.2) is 21.2 Å². The topological polar surface area (TPSA) is 26.3 Å². The van der Waals surface area contributed by atoms with Gasteiger partial charge in [0.15, 0.2) is 0 Å². The van der Waals surface area contributed by atoms with E-state index in [-0.39, 0.29) is 5.82 Å². The highest BCUT2D eigenvalue weighted by Gasteiger charge is 2.41. The Morgan fingerprint density at radius 1 is 1.08 bits per heavy atom. The molecule has 0 aliphatic carbocycles. The molecule has 0 N–H and O–H groups in total. The van der Waals surface area contributed by atoms with Gasteiger partial charge in [0, 0.05) is 12.0 Å². The third-order valence-electron chi connectivity index (χ3n) is 5.11. The predicted molar refractivity (Wildman–Crippen MR) is 110 cm³/mol. The first-order valence-corrected chi connectivity index (χ1v) is 11.4. The molecule has 2 nitrogen and oxygen atoms in total. The standard InChI is InChI=1S/C22H31FO2Si/c1-16(2)26(17(3)4,18(5)6)14-8-9-20(22(24)25-7)15-19-10-12-21(23)13-11-19/h10-13,15-18H,9H2,1-7H3/b20-15-. The highest BCUT2D eigenvalue weighted by molar-refractivity contribution is 6.90. The number of halogens is 1. The summed E-state index contributed by atoms with van der Waals surface area (Å²) < 4.78 is 18.0. The summed E-state index contributed by atoms with van der Waals surface area (Å²) in [6.07, 6.45) is 2.06. The summed E-state index contributed by atoms with van der Waals surface area (Å²) in [5, 5.41) is 0. The van der Waals surface area contributed by atoms with Crippen LogP contribution in [0.1, 0.15) is 53.5 Å². The second-order valence-electron chi connectivity index (χ2n) is 7.59. The molecule has 0 heterocycles. The van der Waals surface area contributed by atoms with Gasteiger partial charge >= 0.3 is 5.97 Å². The van der Waals surface area contributed by atoms with Crippen molar-refractivity contribution in [1.29, 1.82) is 0 Å². The van der Waals surface area contributed by atoms with Crippen LogP contribution < -0.4 is 0 Å². The van der Waals surface area contributed by atoms with Crippen LogP contribution in [0.15, 0.2) is 29.8 Å². The van der Waals surface area contributed by atoms with Crippen LogP contribution in [0.4, 0.5) is 4.39 Å². The van der Waals surface area contributed by atoms with E-state index in [4.69, 9.17) is 4.74 Å². The van der Waals surface area contributed by atoms with Gasteiger partial charge in [0.25, 0.3) is 0 Å². The molecule has 0 aliphatic heterocycles. The molecule has 142 valence electrons. The molecular weight excluding hydrogens is 343 g/mol. The molecule has 0 spiro atoms. The Morgan fingerprint density at radius 2 is 1.58 bits per heavy atom. The van der Waals surface area contributed by atoms with Gasteiger partial charge in [0.05, 0.1) is 7.11 Å². The lowest BCUT2D eigenvalue weighted by molar-refractivity contribution is -0.136. The molecule has 1 aromatic rings. The fraction of sp³-hybridized carbons (Fsp3) is 0.500. The van der Waals surface area contributed by atoms with Gasteiger partial charge in [-0.05, 0) is 40.4 Å². The van der Waals surface area contributed by atoms with Crippen LogP contribution in [0.5, 0.6) is 0 Å². The summed E-state index contributed by atoms with van der Waals surface area (Å²) in [7, 11) is -0.464. The van der Waals surface area contributed by atoms with Crippen molar-refractivity contribution in [3.05, 3.63) is 41.2 Å². The third-order valence-corrected chi connectivity index (χ3v) is 11.5. The van der Waals surface area contributed by atoms with Crippen LogP contribution in [0.25, 0.3) is 6.08 Å². The average molecular weight is 375 g/mol. The Labute approximate surface area is 158 Å². The van der Waals surface area contributed by atoms with E-state index in [1.54, 1.807) is 18.2 Å². The molecular formula is C22H31FO2Si. The number of carbonyl (C=O) groups excluding carboxylic acids is 1. The first kappa shape index (κ1) is 22.2. The van der Waals surface area contributed by atoms with Crippen molar-refractivity contribution >= 4 is 20.1 Å². The Bertz CT molecular complexity index is 669. The van der Waals surface area contributed by atoms with E-state index in [0.29, 0.717) is 28.6 Å². The molecule has 1 rings (SSSR count). The lowest BCUT2D eigenvalue weighted by Crippen LogP contribution is -2.43. The zero-order chi connectivity index (χ0) is 19.9. The summed E-state index contributed by atoms with van der Waals surface area (Å²) in [6.45, 7) is 13.6. The van der Waals surface area contributed by atoms with Crippen molar-refractivity contribution in [2.45, 2.75) is 64.6 Å². The van der Waals surface area contributed by atoms with Gasteiger partial charge in [-0.2, -0.15) is 0 Å². The molecule has 0 bridgehead atoms. The van der Waals surface area contributed by atoms with Crippen LogP contribution in [-0.2, 0) is 9.53 Å². The normalized spacial score (nSPS) is 12.3. The number of ether oxygens (including phenoxy) is 1. The Morgan fingerprint density at radius 3 is 2.00 bits per heavy atom. The first-order chi connectivity index (χ1) is 12.1. The molecule has 0 atom stereocenters. The van der Waals surface area contributed by atoms with Crippen molar-refractivity contribution in [3.63, 3.8) is 0 Å². The third kappa shape index (κ3) is 5.31. The van der Waals surface area contributed by atoms with Gasteiger partial charge in [-0.3, -0.25) is 0 Å². The second-order valence-corrected chi connectivity index (χ2v) is 13.2. The van der Waals surface area contributed by atoms with Crippen LogP contribution in [0.3, 0.4) is 0 Å². The SMILES string of the molecule is COC(=O)/C(=C\c1ccc(F)cc1)CC#C[Si](C(C)C)(C(C)C)C(C)C. The molecule has 0 unspecified atom stereocenters. The number of hydrogen-bond acceptors (Lipinski definition) is 2. The number of benzene rings is 1. The van der Waals surface area contributed by atoms with Crippen LogP contribution >= 0.6 is 0 Å². The van der Waals surface area contributed by atoms with E-state index in [9.17, 15) is 9.18 Å². The minimum absolute atomic E-state index is 0.303. The molecule has 4 heteroatoms. The Kier molecular flexibility index (Phi) is 8.30. The number of esters is 1. The van der Waals surface area contributed by atoms with E-state index < -0.39 is 14.0 Å². The second kappa shape index (κ2) is 9.73. The summed E-state index contributed by atoms with van der Waals surface area (Å²) in [4.78, 5) is 12.1. The van der Waals surface area contributed by atoms with Crippen LogP contribution in [0.2, 0.25) is 16.6 Å². The van der Waals surface area contributed by atoms with Gasteiger partial charge in [-0.1, -0.05) is 53.7 Å². The highest BCUT2D eigenvalue weighted by Crippen LogP contribution is 2.40. The van der Waals surface area contributed by atoms with Crippen molar-refractivity contribution < 1.29 is 13.9 Å². The number of rotatable bonds is 6. The summed E-state index contributed by atoms with van der Waals surface area (Å²) in [5.41, 5.74) is 6.48. The molecule has 0 amide bonds. The summed E-state index contributed by atoms with van der Waals surface area (Å²) >= 11 is 0.